The molecular formula is C15H21NO2. The van der Waals surface area contributed by atoms with Crippen LogP contribution in [0.15, 0.2) is 36.4 Å². The van der Waals surface area contributed by atoms with E-state index in [0.717, 1.165) is 12.8 Å². The molecule has 1 aromatic carbocycles. The second kappa shape index (κ2) is 8.34. The van der Waals surface area contributed by atoms with Gasteiger partial charge in [0, 0.05) is 5.69 Å². The Hall–Kier alpha value is -1.77. The zero-order valence-electron chi connectivity index (χ0n) is 10.9. The van der Waals surface area contributed by atoms with E-state index in [0.29, 0.717) is 5.69 Å². The number of carbonyl (C=O) groups excluding carboxylic acids is 1. The van der Waals surface area contributed by atoms with Gasteiger partial charge >= 0.3 is 0 Å². The number of unbranched alkanes of at least 4 members (excludes halogenated alkanes) is 4. The fourth-order valence-corrected chi connectivity index (χ4v) is 1.61. The van der Waals surface area contributed by atoms with Crippen molar-refractivity contribution in [2.24, 2.45) is 0 Å². The molecule has 98 valence electrons. The lowest BCUT2D eigenvalue weighted by atomic mass is 10.1. The van der Waals surface area contributed by atoms with Gasteiger partial charge in [0.1, 0.15) is 5.75 Å². The van der Waals surface area contributed by atoms with Crippen LogP contribution in [0.25, 0.3) is 0 Å². The van der Waals surface area contributed by atoms with Gasteiger partial charge in [0.2, 0.25) is 5.91 Å². The molecule has 0 aliphatic heterocycles. The smallest absolute Gasteiger partial charge is 0.248 e. The summed E-state index contributed by atoms with van der Waals surface area (Å²) >= 11 is 0. The standard InChI is InChI=1S/C15H21NO2/c1-2-3-4-5-6-7-8-15(18)16-13-9-11-14(17)12-10-13/h7-12,17H,2-6H2,1H3,(H,16,18). The lowest BCUT2D eigenvalue weighted by Crippen LogP contribution is -2.07. The molecule has 0 unspecified atom stereocenters. The van der Waals surface area contributed by atoms with Gasteiger partial charge in [0.15, 0.2) is 0 Å². The minimum absolute atomic E-state index is 0.129. The molecule has 0 aliphatic rings. The van der Waals surface area contributed by atoms with Gasteiger partial charge < -0.3 is 10.4 Å². The number of allylic oxidation sites excluding steroid dienone is 1. The average Bonchev–Trinajstić information content (AvgIpc) is 2.36. The zero-order chi connectivity index (χ0) is 13.2. The van der Waals surface area contributed by atoms with Gasteiger partial charge in [-0.05, 0) is 43.2 Å². The van der Waals surface area contributed by atoms with Crippen molar-refractivity contribution in [3.63, 3.8) is 0 Å². The third kappa shape index (κ3) is 6.09. The van der Waals surface area contributed by atoms with Crippen LogP contribution in [-0.2, 0) is 4.79 Å². The number of nitrogens with one attached hydrogen (secondary N) is 1. The molecule has 18 heavy (non-hydrogen) atoms. The maximum atomic E-state index is 11.5. The van der Waals surface area contributed by atoms with Gasteiger partial charge in [-0.1, -0.05) is 32.3 Å². The number of amides is 1. The summed E-state index contributed by atoms with van der Waals surface area (Å²) in [5.41, 5.74) is 0.688. The van der Waals surface area contributed by atoms with E-state index < -0.39 is 0 Å². The van der Waals surface area contributed by atoms with Gasteiger partial charge in [-0.3, -0.25) is 4.79 Å². The summed E-state index contributed by atoms with van der Waals surface area (Å²) in [7, 11) is 0. The summed E-state index contributed by atoms with van der Waals surface area (Å²) in [6, 6.07) is 6.43. The van der Waals surface area contributed by atoms with Crippen LogP contribution in [0.1, 0.15) is 39.0 Å². The maximum absolute atomic E-state index is 11.5. The highest BCUT2D eigenvalue weighted by molar-refractivity contribution is 5.99. The SMILES string of the molecule is CCCCCCC=CC(=O)Nc1ccc(O)cc1. The lowest BCUT2D eigenvalue weighted by molar-refractivity contribution is -0.111. The predicted octanol–water partition coefficient (Wildman–Crippen LogP) is 3.86. The van der Waals surface area contributed by atoms with Crippen molar-refractivity contribution in [2.45, 2.75) is 39.0 Å². The Bertz CT molecular complexity index is 382. The number of phenols is 1. The Morgan fingerprint density at radius 1 is 1.22 bits per heavy atom. The Morgan fingerprint density at radius 3 is 2.61 bits per heavy atom. The predicted molar refractivity (Wildman–Crippen MR) is 74.6 cm³/mol. The Balaban J connectivity index is 2.24. The van der Waals surface area contributed by atoms with Crippen molar-refractivity contribution in [1.29, 1.82) is 0 Å². The van der Waals surface area contributed by atoms with E-state index in [1.807, 2.05) is 6.08 Å². The van der Waals surface area contributed by atoms with Crippen molar-refractivity contribution in [3.8, 4) is 5.75 Å². The summed E-state index contributed by atoms with van der Waals surface area (Å²) in [5.74, 6) is 0.0654. The molecule has 0 radical (unpaired) electrons. The van der Waals surface area contributed by atoms with Gasteiger partial charge in [-0.15, -0.1) is 0 Å². The van der Waals surface area contributed by atoms with Gasteiger partial charge in [0.25, 0.3) is 0 Å². The molecule has 0 aromatic heterocycles. The molecule has 0 bridgehead atoms. The average molecular weight is 247 g/mol. The highest BCUT2D eigenvalue weighted by Crippen LogP contribution is 2.13. The molecule has 0 heterocycles. The largest absolute Gasteiger partial charge is 0.508 e. The molecule has 1 aromatic rings. The lowest BCUT2D eigenvalue weighted by Gasteiger charge is -2.01. The van der Waals surface area contributed by atoms with Crippen molar-refractivity contribution in [3.05, 3.63) is 36.4 Å². The van der Waals surface area contributed by atoms with Gasteiger partial charge in [-0.25, -0.2) is 0 Å². The van der Waals surface area contributed by atoms with Crippen LogP contribution in [-0.4, -0.2) is 11.0 Å². The monoisotopic (exact) mass is 247 g/mol. The first-order chi connectivity index (χ1) is 8.72. The molecular weight excluding hydrogens is 226 g/mol. The zero-order valence-corrected chi connectivity index (χ0v) is 10.9. The Labute approximate surface area is 109 Å². The molecule has 3 heteroatoms. The second-order valence-electron chi connectivity index (χ2n) is 4.29. The highest BCUT2D eigenvalue weighted by atomic mass is 16.3. The molecule has 3 nitrogen and oxygen atoms in total. The van der Waals surface area contributed by atoms with E-state index in [-0.39, 0.29) is 11.7 Å². The topological polar surface area (TPSA) is 49.3 Å². The second-order valence-corrected chi connectivity index (χ2v) is 4.29. The molecule has 0 saturated heterocycles. The number of anilines is 1. The van der Waals surface area contributed by atoms with E-state index in [2.05, 4.69) is 12.2 Å². The fraction of sp³-hybridized carbons (Fsp3) is 0.400. The molecule has 0 spiro atoms. The van der Waals surface area contributed by atoms with Crippen LogP contribution < -0.4 is 5.32 Å². The molecule has 1 rings (SSSR count). The summed E-state index contributed by atoms with van der Waals surface area (Å²) in [6.07, 6.45) is 9.27. The minimum atomic E-state index is -0.129. The van der Waals surface area contributed by atoms with E-state index in [9.17, 15) is 4.79 Å². The van der Waals surface area contributed by atoms with Crippen LogP contribution in [0, 0.1) is 0 Å². The van der Waals surface area contributed by atoms with E-state index in [4.69, 9.17) is 5.11 Å². The third-order valence-corrected chi connectivity index (χ3v) is 2.63. The number of phenolic OH excluding ortho intramolecular Hbond substituents is 1. The quantitative estimate of drug-likeness (QED) is 0.436. The van der Waals surface area contributed by atoms with Crippen LogP contribution in [0.5, 0.6) is 5.75 Å². The third-order valence-electron chi connectivity index (χ3n) is 2.63. The first-order valence-corrected chi connectivity index (χ1v) is 6.49. The number of hydrogen-bond donors (Lipinski definition) is 2. The van der Waals surface area contributed by atoms with Gasteiger partial charge in [-0.2, -0.15) is 0 Å². The van der Waals surface area contributed by atoms with Crippen LogP contribution in [0.3, 0.4) is 0 Å². The first-order valence-electron chi connectivity index (χ1n) is 6.49. The number of benzene rings is 1. The number of carbonyl (C=O) groups is 1. The normalized spacial score (nSPS) is 10.7. The number of aromatic hydroxyl groups is 1. The fourth-order valence-electron chi connectivity index (χ4n) is 1.61. The van der Waals surface area contributed by atoms with E-state index in [1.165, 1.54) is 19.3 Å². The van der Waals surface area contributed by atoms with E-state index in [1.54, 1.807) is 30.3 Å². The Kier molecular flexibility index (Phi) is 6.62. The van der Waals surface area contributed by atoms with Gasteiger partial charge in [0.05, 0.1) is 0 Å². The summed E-state index contributed by atoms with van der Waals surface area (Å²) in [5, 5.41) is 11.8. The molecule has 1 amide bonds. The highest BCUT2D eigenvalue weighted by Gasteiger charge is 1.97. The summed E-state index contributed by atoms with van der Waals surface area (Å²) in [6.45, 7) is 2.18. The summed E-state index contributed by atoms with van der Waals surface area (Å²) in [4.78, 5) is 11.5. The molecule has 0 saturated carbocycles. The Morgan fingerprint density at radius 2 is 1.94 bits per heavy atom. The number of hydrogen-bond acceptors (Lipinski definition) is 2. The first kappa shape index (κ1) is 14.3. The maximum Gasteiger partial charge on any atom is 0.248 e. The van der Waals surface area contributed by atoms with E-state index >= 15 is 0 Å². The molecule has 0 atom stereocenters. The molecule has 0 aliphatic carbocycles. The summed E-state index contributed by atoms with van der Waals surface area (Å²) < 4.78 is 0. The van der Waals surface area contributed by atoms with Crippen molar-refractivity contribution in [2.75, 3.05) is 5.32 Å². The number of rotatable bonds is 7. The molecule has 0 fully saturated rings. The van der Waals surface area contributed by atoms with Crippen LogP contribution >= 0.6 is 0 Å². The molecule has 2 N–H and O–H groups in total. The van der Waals surface area contributed by atoms with Crippen LogP contribution in [0.2, 0.25) is 0 Å². The van der Waals surface area contributed by atoms with Crippen molar-refractivity contribution in [1.82, 2.24) is 0 Å². The van der Waals surface area contributed by atoms with Crippen LogP contribution in [0.4, 0.5) is 5.69 Å². The van der Waals surface area contributed by atoms with Crippen molar-refractivity contribution >= 4 is 11.6 Å². The minimum Gasteiger partial charge on any atom is -0.508 e. The van der Waals surface area contributed by atoms with Crippen molar-refractivity contribution < 1.29 is 9.90 Å².